The third-order valence-corrected chi connectivity index (χ3v) is 7.23. The van der Waals surface area contributed by atoms with E-state index < -0.39 is 0 Å². The Kier molecular flexibility index (Phi) is 12.1. The molecule has 1 aromatic heterocycles. The molecule has 10 nitrogen and oxygen atoms in total. The normalized spacial score (nSPS) is 16.3. The summed E-state index contributed by atoms with van der Waals surface area (Å²) in [5, 5.41) is 3.22. The molecule has 10 heteroatoms. The number of fused-ring (bicyclic) bond motifs is 2. The zero-order chi connectivity index (χ0) is 30.7. The number of methoxy groups -OCH3 is 1. The van der Waals surface area contributed by atoms with Crippen molar-refractivity contribution in [3.63, 3.8) is 0 Å². The zero-order valence-corrected chi connectivity index (χ0v) is 25.8. The molecule has 42 heavy (non-hydrogen) atoms. The molecule has 0 bridgehead atoms. The van der Waals surface area contributed by atoms with Gasteiger partial charge in [0.25, 0.3) is 0 Å². The maximum Gasteiger partial charge on any atom is 0.204 e. The highest BCUT2D eigenvalue weighted by molar-refractivity contribution is 5.77. The number of nitrogens with one attached hydrogen (secondary N) is 1. The van der Waals surface area contributed by atoms with Crippen LogP contribution in [0.25, 0.3) is 5.57 Å². The number of aromatic nitrogens is 2. The first kappa shape index (κ1) is 32.8. The number of allylic oxidation sites excluding steroid dienone is 4. The predicted molar refractivity (Wildman–Crippen MR) is 169 cm³/mol. The Morgan fingerprint density at radius 3 is 2.74 bits per heavy atom. The standard InChI is InChI=1S/C31H44N6O2.CH3NO/c1-7-8-22(16-25(18-32)33-21-38-6)23-9-10-28-24(15-23)19-37(13-14-39-28)30-26-17-31(2,3)12-11-27(26)34-29(35-30)20-36(4)5;2-1-3/h7-10,15-16,33H,1,11-14,17-21,32H2,2-6H3;1H,(H2,2,3)/b22-8+,25-16+;. The van der Waals surface area contributed by atoms with Gasteiger partial charge >= 0.3 is 0 Å². The van der Waals surface area contributed by atoms with Crippen LogP contribution in [0.3, 0.4) is 0 Å². The summed E-state index contributed by atoms with van der Waals surface area (Å²) in [7, 11) is 5.78. The van der Waals surface area contributed by atoms with Crippen molar-refractivity contribution in [3.8, 4) is 5.75 Å². The van der Waals surface area contributed by atoms with Crippen LogP contribution in [-0.4, -0.2) is 68.9 Å². The van der Waals surface area contributed by atoms with E-state index in [-0.39, 0.29) is 11.8 Å². The summed E-state index contributed by atoms with van der Waals surface area (Å²) >= 11 is 0. The Hall–Kier alpha value is -3.73. The van der Waals surface area contributed by atoms with E-state index >= 15 is 0 Å². The summed E-state index contributed by atoms with van der Waals surface area (Å²) in [4.78, 5) is 23.2. The van der Waals surface area contributed by atoms with Crippen LogP contribution in [0.15, 0.2) is 48.7 Å². The number of ether oxygens (including phenoxy) is 2. The Balaban J connectivity index is 0.00000155. The number of benzene rings is 1. The molecule has 0 saturated carbocycles. The predicted octanol–water partition coefficient (Wildman–Crippen LogP) is 3.16. The second-order valence-electron chi connectivity index (χ2n) is 11.5. The number of primary amides is 1. The van der Waals surface area contributed by atoms with E-state index in [4.69, 9.17) is 30.0 Å². The van der Waals surface area contributed by atoms with Crippen molar-refractivity contribution in [2.45, 2.75) is 46.2 Å². The van der Waals surface area contributed by atoms with Gasteiger partial charge < -0.3 is 36.1 Å². The third-order valence-electron chi connectivity index (χ3n) is 7.23. The molecule has 2 heterocycles. The maximum absolute atomic E-state index is 8.58. The lowest BCUT2D eigenvalue weighted by atomic mass is 9.76. The molecule has 1 amide bonds. The molecule has 228 valence electrons. The minimum atomic E-state index is 0.232. The maximum atomic E-state index is 8.58. The summed E-state index contributed by atoms with van der Waals surface area (Å²) in [5.74, 6) is 2.85. The molecule has 1 aliphatic heterocycles. The lowest BCUT2D eigenvalue weighted by molar-refractivity contribution is -0.106. The zero-order valence-electron chi connectivity index (χ0n) is 25.8. The van der Waals surface area contributed by atoms with Crippen molar-refractivity contribution in [2.75, 3.05) is 52.5 Å². The molecule has 0 radical (unpaired) electrons. The van der Waals surface area contributed by atoms with E-state index in [2.05, 4.69) is 73.6 Å². The second-order valence-corrected chi connectivity index (χ2v) is 11.5. The lowest BCUT2D eigenvalue weighted by Crippen LogP contribution is -2.32. The fraction of sp³-hybridized carbons (Fsp3) is 0.469. The van der Waals surface area contributed by atoms with Gasteiger partial charge in [0, 0.05) is 42.7 Å². The van der Waals surface area contributed by atoms with Gasteiger partial charge in [0.15, 0.2) is 0 Å². The number of amides is 1. The van der Waals surface area contributed by atoms with Crippen molar-refractivity contribution < 1.29 is 14.3 Å². The van der Waals surface area contributed by atoms with Crippen LogP contribution in [0.4, 0.5) is 5.82 Å². The number of aryl methyl sites for hydroxylation is 1. The van der Waals surface area contributed by atoms with Crippen LogP contribution in [0.1, 0.15) is 48.5 Å². The summed E-state index contributed by atoms with van der Waals surface area (Å²) in [6.07, 6.45) is 9.21. The van der Waals surface area contributed by atoms with Crippen molar-refractivity contribution in [2.24, 2.45) is 16.9 Å². The minimum absolute atomic E-state index is 0.232. The van der Waals surface area contributed by atoms with E-state index in [9.17, 15) is 0 Å². The molecule has 1 aromatic carbocycles. The number of anilines is 1. The first-order valence-corrected chi connectivity index (χ1v) is 14.3. The van der Waals surface area contributed by atoms with Crippen LogP contribution in [0, 0.1) is 5.41 Å². The topological polar surface area (TPSA) is 132 Å². The highest BCUT2D eigenvalue weighted by Gasteiger charge is 2.31. The fourth-order valence-electron chi connectivity index (χ4n) is 5.24. The van der Waals surface area contributed by atoms with Crippen molar-refractivity contribution in [3.05, 3.63) is 76.9 Å². The summed E-state index contributed by atoms with van der Waals surface area (Å²) in [6.45, 7) is 12.2. The molecule has 0 spiro atoms. The molecule has 0 atom stereocenters. The van der Waals surface area contributed by atoms with Gasteiger partial charge in [-0.25, -0.2) is 9.97 Å². The number of nitrogens with two attached hydrogens (primary N) is 2. The van der Waals surface area contributed by atoms with Gasteiger partial charge in [0.2, 0.25) is 6.41 Å². The Bertz CT molecular complexity index is 1290. The van der Waals surface area contributed by atoms with Gasteiger partial charge in [-0.3, -0.25) is 4.79 Å². The number of hydrogen-bond acceptors (Lipinski definition) is 9. The van der Waals surface area contributed by atoms with E-state index in [1.807, 2.05) is 12.2 Å². The highest BCUT2D eigenvalue weighted by atomic mass is 16.5. The van der Waals surface area contributed by atoms with E-state index in [0.717, 1.165) is 72.1 Å². The van der Waals surface area contributed by atoms with E-state index in [1.165, 1.54) is 11.3 Å². The molecule has 0 saturated heterocycles. The minimum Gasteiger partial charge on any atom is -0.491 e. The van der Waals surface area contributed by atoms with Gasteiger partial charge in [0.05, 0.1) is 13.1 Å². The molecule has 5 N–H and O–H groups in total. The second kappa shape index (κ2) is 15.5. The average molecular weight is 578 g/mol. The van der Waals surface area contributed by atoms with Crippen LogP contribution in [0.2, 0.25) is 0 Å². The molecule has 0 fully saturated rings. The van der Waals surface area contributed by atoms with Gasteiger partial charge in [-0.15, -0.1) is 0 Å². The van der Waals surface area contributed by atoms with Crippen molar-refractivity contribution in [1.29, 1.82) is 0 Å². The van der Waals surface area contributed by atoms with Gasteiger partial charge in [-0.05, 0) is 68.1 Å². The number of carbonyl (C=O) groups is 1. The Labute approximate surface area is 250 Å². The molecule has 1 aliphatic carbocycles. The van der Waals surface area contributed by atoms with Crippen LogP contribution >= 0.6 is 0 Å². The van der Waals surface area contributed by atoms with Crippen molar-refractivity contribution in [1.82, 2.24) is 20.2 Å². The largest absolute Gasteiger partial charge is 0.491 e. The lowest BCUT2D eigenvalue weighted by Gasteiger charge is -2.34. The number of nitrogens with zero attached hydrogens (tertiary/aromatic N) is 4. The quantitative estimate of drug-likeness (QED) is 0.221. The van der Waals surface area contributed by atoms with E-state index in [1.54, 1.807) is 13.2 Å². The molecule has 2 aromatic rings. The Morgan fingerprint density at radius 1 is 1.31 bits per heavy atom. The smallest absolute Gasteiger partial charge is 0.204 e. The SMILES string of the molecule is C=C/C=C(\C=C(/CN)NCOC)c1ccc2c(c1)CN(c1nc(CN(C)C)nc3c1CC(C)(C)CC3)CCO2.NC=O. The first-order chi connectivity index (χ1) is 20.1. The fourth-order valence-corrected chi connectivity index (χ4v) is 5.24. The highest BCUT2D eigenvalue weighted by Crippen LogP contribution is 2.39. The van der Waals surface area contributed by atoms with Gasteiger partial charge in [0.1, 0.15) is 30.7 Å². The van der Waals surface area contributed by atoms with Crippen LogP contribution in [-0.2, 0) is 35.5 Å². The van der Waals surface area contributed by atoms with E-state index in [0.29, 0.717) is 26.4 Å². The molecular weight excluding hydrogens is 530 g/mol. The van der Waals surface area contributed by atoms with Gasteiger partial charge in [-0.1, -0.05) is 38.6 Å². The number of rotatable bonds is 10. The number of hydrogen-bond donors (Lipinski definition) is 3. The number of carbonyl (C=O) groups excluding carboxylic acids is 1. The summed E-state index contributed by atoms with van der Waals surface area (Å²) in [6, 6.07) is 6.37. The van der Waals surface area contributed by atoms with Crippen LogP contribution < -0.4 is 26.4 Å². The third kappa shape index (κ3) is 8.88. The summed E-state index contributed by atoms with van der Waals surface area (Å²) < 4.78 is 11.4. The van der Waals surface area contributed by atoms with Crippen molar-refractivity contribution >= 4 is 17.8 Å². The van der Waals surface area contributed by atoms with Crippen LogP contribution in [0.5, 0.6) is 5.75 Å². The molecule has 2 aliphatic rings. The molecule has 4 rings (SSSR count). The van der Waals surface area contributed by atoms with Gasteiger partial charge in [-0.2, -0.15) is 0 Å². The first-order valence-electron chi connectivity index (χ1n) is 14.3. The summed E-state index contributed by atoms with van der Waals surface area (Å²) in [5.41, 5.74) is 17.0. The molecule has 0 unspecified atom stereocenters. The monoisotopic (exact) mass is 577 g/mol. The Morgan fingerprint density at radius 2 is 2.07 bits per heavy atom. The average Bonchev–Trinajstić information content (AvgIpc) is 3.16. The molecular formula is C32H47N7O3.